The van der Waals surface area contributed by atoms with Crippen molar-refractivity contribution in [3.8, 4) is 0 Å². The summed E-state index contributed by atoms with van der Waals surface area (Å²) in [5, 5.41) is 6.37. The van der Waals surface area contributed by atoms with Gasteiger partial charge in [0.1, 0.15) is 0 Å². The van der Waals surface area contributed by atoms with Crippen LogP contribution < -0.4 is 5.76 Å². The molecule has 4 saturated carbocycles. The Bertz CT molecular complexity index is 452. The number of hydrogen-bond acceptors (Lipinski definition) is 3. The summed E-state index contributed by atoms with van der Waals surface area (Å²) in [6.07, 6.45) is 9.20. The van der Waals surface area contributed by atoms with E-state index in [-0.39, 0.29) is 0 Å². The molecule has 4 aliphatic carbocycles. The van der Waals surface area contributed by atoms with E-state index in [4.69, 9.17) is 4.42 Å². The average molecular weight is 234 g/mol. The maximum absolute atomic E-state index is 11.0. The van der Waals surface area contributed by atoms with Gasteiger partial charge in [0.25, 0.3) is 0 Å². The van der Waals surface area contributed by atoms with E-state index in [1.54, 1.807) is 0 Å². The molecule has 0 spiro atoms. The number of hydrogen-bond donors (Lipinski definition) is 1. The highest BCUT2D eigenvalue weighted by Gasteiger charge is 2.51. The van der Waals surface area contributed by atoms with Crippen molar-refractivity contribution in [3.63, 3.8) is 0 Å². The first-order valence-corrected chi connectivity index (χ1v) is 6.75. The maximum Gasteiger partial charge on any atom is 0.434 e. The van der Waals surface area contributed by atoms with Crippen LogP contribution in [0.15, 0.2) is 9.21 Å². The molecule has 92 valence electrons. The minimum absolute atomic E-state index is 0.403. The van der Waals surface area contributed by atoms with Gasteiger partial charge in [-0.3, -0.25) is 0 Å². The van der Waals surface area contributed by atoms with Crippen LogP contribution in [0.1, 0.15) is 44.4 Å². The summed E-state index contributed by atoms with van der Waals surface area (Å²) in [5.41, 5.74) is 0.403. The van der Waals surface area contributed by atoms with Crippen LogP contribution >= 0.6 is 0 Å². The van der Waals surface area contributed by atoms with Crippen LogP contribution in [0, 0.1) is 23.2 Å². The molecule has 5 rings (SSSR count). The lowest BCUT2D eigenvalue weighted by Crippen LogP contribution is -2.47. The Labute approximate surface area is 99.8 Å². The van der Waals surface area contributed by atoms with Crippen LogP contribution in [0.4, 0.5) is 0 Å². The molecule has 0 radical (unpaired) electrons. The van der Waals surface area contributed by atoms with Crippen molar-refractivity contribution in [3.05, 3.63) is 16.4 Å². The quantitative estimate of drug-likeness (QED) is 0.852. The van der Waals surface area contributed by atoms with Gasteiger partial charge in [-0.25, -0.2) is 9.89 Å². The lowest BCUT2D eigenvalue weighted by atomic mass is 9.49. The smallest absolute Gasteiger partial charge is 0.392 e. The van der Waals surface area contributed by atoms with Gasteiger partial charge in [0.05, 0.1) is 0 Å². The van der Waals surface area contributed by atoms with E-state index >= 15 is 0 Å². The van der Waals surface area contributed by atoms with Crippen LogP contribution in [0.5, 0.6) is 0 Å². The molecule has 0 saturated heterocycles. The molecule has 1 aromatic rings. The Balaban J connectivity index is 1.62. The number of aromatic amines is 1. The first-order valence-electron chi connectivity index (χ1n) is 6.75. The van der Waals surface area contributed by atoms with Crippen LogP contribution in [-0.2, 0) is 6.42 Å². The SMILES string of the molecule is O=c1[nH]nc(CC23CC4CC(CC(C4)C2)C3)o1. The second-order valence-corrected chi connectivity index (χ2v) is 6.60. The van der Waals surface area contributed by atoms with Gasteiger partial charge in [-0.05, 0) is 61.7 Å². The minimum atomic E-state index is -0.412. The standard InChI is InChI=1S/C13H18N2O2/c16-12-15-14-11(17-12)7-13-4-8-1-9(5-13)3-10(2-8)6-13/h8-10H,1-7H2,(H,15,16). The van der Waals surface area contributed by atoms with E-state index < -0.39 is 5.76 Å². The largest absolute Gasteiger partial charge is 0.434 e. The molecule has 0 aromatic carbocycles. The van der Waals surface area contributed by atoms with Crippen molar-refractivity contribution in [1.29, 1.82) is 0 Å². The molecule has 4 bridgehead atoms. The van der Waals surface area contributed by atoms with Crippen LogP contribution in [0.2, 0.25) is 0 Å². The van der Waals surface area contributed by atoms with Crippen LogP contribution in [0.25, 0.3) is 0 Å². The summed E-state index contributed by atoms with van der Waals surface area (Å²) in [4.78, 5) is 11.0. The summed E-state index contributed by atoms with van der Waals surface area (Å²) in [6.45, 7) is 0. The molecule has 0 amide bonds. The molecule has 1 aromatic heterocycles. The highest BCUT2D eigenvalue weighted by atomic mass is 16.4. The fourth-order valence-corrected chi connectivity index (χ4v) is 5.16. The van der Waals surface area contributed by atoms with Crippen molar-refractivity contribution in [2.24, 2.45) is 23.2 Å². The molecule has 1 N–H and O–H groups in total. The van der Waals surface area contributed by atoms with Gasteiger partial charge in [-0.15, -0.1) is 5.10 Å². The molecular formula is C13H18N2O2. The summed E-state index contributed by atoms with van der Waals surface area (Å²) in [6, 6.07) is 0. The third kappa shape index (κ3) is 1.57. The van der Waals surface area contributed by atoms with Gasteiger partial charge < -0.3 is 4.42 Å². The molecule has 4 fully saturated rings. The van der Waals surface area contributed by atoms with Gasteiger partial charge in [0.2, 0.25) is 5.89 Å². The molecule has 4 aliphatic rings. The number of rotatable bonds is 2. The van der Waals surface area contributed by atoms with E-state index in [1.165, 1.54) is 38.5 Å². The second kappa shape index (κ2) is 3.24. The third-order valence-corrected chi connectivity index (χ3v) is 5.17. The Morgan fingerprint density at radius 2 is 1.76 bits per heavy atom. The molecular weight excluding hydrogens is 216 g/mol. The predicted octanol–water partition coefficient (Wildman–Crippen LogP) is 2.12. The summed E-state index contributed by atoms with van der Waals surface area (Å²) < 4.78 is 5.10. The maximum atomic E-state index is 11.0. The molecule has 4 heteroatoms. The van der Waals surface area contributed by atoms with Gasteiger partial charge in [-0.1, -0.05) is 0 Å². The van der Waals surface area contributed by atoms with Crippen molar-refractivity contribution >= 4 is 0 Å². The van der Waals surface area contributed by atoms with Gasteiger partial charge >= 0.3 is 5.76 Å². The molecule has 1 heterocycles. The van der Waals surface area contributed by atoms with Crippen molar-refractivity contribution < 1.29 is 4.42 Å². The first-order chi connectivity index (χ1) is 8.21. The monoisotopic (exact) mass is 234 g/mol. The third-order valence-electron chi connectivity index (χ3n) is 5.17. The zero-order chi connectivity index (χ0) is 11.5. The van der Waals surface area contributed by atoms with E-state index in [0.717, 1.165) is 24.2 Å². The minimum Gasteiger partial charge on any atom is -0.392 e. The highest BCUT2D eigenvalue weighted by molar-refractivity contribution is 5.04. The Morgan fingerprint density at radius 1 is 1.18 bits per heavy atom. The van der Waals surface area contributed by atoms with Crippen molar-refractivity contribution in [2.75, 3.05) is 0 Å². The van der Waals surface area contributed by atoms with Crippen LogP contribution in [-0.4, -0.2) is 10.2 Å². The number of H-pyrrole nitrogens is 1. The van der Waals surface area contributed by atoms with E-state index in [9.17, 15) is 4.79 Å². The van der Waals surface area contributed by atoms with Gasteiger partial charge in [0, 0.05) is 6.42 Å². The Kier molecular flexibility index (Phi) is 1.89. The van der Waals surface area contributed by atoms with Crippen LogP contribution in [0.3, 0.4) is 0 Å². The summed E-state index contributed by atoms with van der Waals surface area (Å²) in [5.74, 6) is 3.02. The molecule has 4 nitrogen and oxygen atoms in total. The number of nitrogens with one attached hydrogen (secondary N) is 1. The number of aromatic nitrogens is 2. The summed E-state index contributed by atoms with van der Waals surface area (Å²) in [7, 11) is 0. The van der Waals surface area contributed by atoms with E-state index in [1.807, 2.05) is 0 Å². The Morgan fingerprint density at radius 3 is 2.24 bits per heavy atom. The molecule has 0 atom stereocenters. The highest BCUT2D eigenvalue weighted by Crippen LogP contribution is 2.60. The number of nitrogens with zero attached hydrogens (tertiary/aromatic N) is 1. The molecule has 0 aliphatic heterocycles. The van der Waals surface area contributed by atoms with E-state index in [2.05, 4.69) is 10.2 Å². The zero-order valence-corrected chi connectivity index (χ0v) is 9.95. The second-order valence-electron chi connectivity index (χ2n) is 6.60. The fraction of sp³-hybridized carbons (Fsp3) is 0.846. The first kappa shape index (κ1) is 9.92. The van der Waals surface area contributed by atoms with Crippen molar-refractivity contribution in [2.45, 2.75) is 44.9 Å². The van der Waals surface area contributed by atoms with Gasteiger partial charge in [0.15, 0.2) is 0 Å². The summed E-state index contributed by atoms with van der Waals surface area (Å²) >= 11 is 0. The molecule has 17 heavy (non-hydrogen) atoms. The van der Waals surface area contributed by atoms with Gasteiger partial charge in [-0.2, -0.15) is 0 Å². The fourth-order valence-electron chi connectivity index (χ4n) is 5.16. The average Bonchev–Trinajstić information content (AvgIpc) is 2.60. The van der Waals surface area contributed by atoms with E-state index in [0.29, 0.717) is 11.3 Å². The zero-order valence-electron chi connectivity index (χ0n) is 9.95. The van der Waals surface area contributed by atoms with Crippen molar-refractivity contribution in [1.82, 2.24) is 10.2 Å². The lowest BCUT2D eigenvalue weighted by Gasteiger charge is -2.56. The normalized spacial score (nSPS) is 43.2. The topological polar surface area (TPSA) is 58.9 Å². The molecule has 0 unspecified atom stereocenters. The lowest BCUT2D eigenvalue weighted by molar-refractivity contribution is -0.0552. The Hall–Kier alpha value is -1.06. The predicted molar refractivity (Wildman–Crippen MR) is 61.4 cm³/mol.